The lowest BCUT2D eigenvalue weighted by molar-refractivity contribution is -0.122. The summed E-state index contributed by atoms with van der Waals surface area (Å²) < 4.78 is 2.04. The molecule has 0 bridgehead atoms. The Morgan fingerprint density at radius 1 is 1.20 bits per heavy atom. The van der Waals surface area contributed by atoms with Gasteiger partial charge in [0, 0.05) is 4.47 Å². The number of nitrogens with zero attached hydrogens (tertiary/aromatic N) is 5. The Morgan fingerprint density at radius 3 is 2.67 bits per heavy atom. The molecule has 0 saturated heterocycles. The molecule has 2 amide bonds. The molecule has 148 valence electrons. The molecule has 0 fully saturated rings. The molecule has 2 aromatic carbocycles. The maximum absolute atomic E-state index is 12.6. The van der Waals surface area contributed by atoms with E-state index < -0.39 is 17.7 Å². The lowest BCUT2D eigenvalue weighted by Crippen LogP contribution is -2.45. The summed E-state index contributed by atoms with van der Waals surface area (Å²) in [7, 11) is 0. The molecule has 30 heavy (non-hydrogen) atoms. The Kier molecular flexibility index (Phi) is 5.25. The van der Waals surface area contributed by atoms with Crippen LogP contribution in [0.25, 0.3) is 5.69 Å². The number of aromatic nitrogens is 3. The van der Waals surface area contributed by atoms with Crippen LogP contribution >= 0.6 is 15.9 Å². The molecule has 3 aromatic rings. The molecule has 2 heterocycles. The highest BCUT2D eigenvalue weighted by Crippen LogP contribution is 2.27. The fourth-order valence-electron chi connectivity index (χ4n) is 3.39. The van der Waals surface area contributed by atoms with E-state index in [9.17, 15) is 14.9 Å². The average Bonchev–Trinajstić information content (AvgIpc) is 2.72. The van der Waals surface area contributed by atoms with Crippen molar-refractivity contribution in [3.05, 3.63) is 81.1 Å². The van der Waals surface area contributed by atoms with E-state index in [-0.39, 0.29) is 17.0 Å². The molecule has 1 aliphatic rings. The number of rotatable bonds is 3. The zero-order chi connectivity index (χ0) is 21.3. The first-order valence-corrected chi connectivity index (χ1v) is 9.87. The van der Waals surface area contributed by atoms with Crippen LogP contribution in [0.5, 0.6) is 0 Å². The number of hydrogen-bond donors (Lipinski definition) is 1. The molecule has 9 heteroatoms. The van der Waals surface area contributed by atoms with Crippen LogP contribution in [0.15, 0.2) is 58.0 Å². The molecule has 0 saturated carbocycles. The van der Waals surface area contributed by atoms with Gasteiger partial charge in [0.2, 0.25) is 12.1 Å². The van der Waals surface area contributed by atoms with E-state index in [1.165, 1.54) is 4.68 Å². The largest absolute Gasteiger partial charge is 0.290 e. The summed E-state index contributed by atoms with van der Waals surface area (Å²) in [6, 6.07) is 15.0. The van der Waals surface area contributed by atoms with E-state index in [0.717, 1.165) is 11.1 Å². The highest BCUT2D eigenvalue weighted by Gasteiger charge is 2.36. The standard InChI is InChI=1S/C21H15BrN6O2/c1-12-6-5-9-15(22)18(12)28-21(24-11-23)25-16-14(10-13-7-3-2-4-8-13)19(29)26-20(30)17(16)27-28/h2-9,14H,10H2,1H3,(H,26,29,30). The second-order valence-corrected chi connectivity index (χ2v) is 7.59. The Labute approximate surface area is 180 Å². The van der Waals surface area contributed by atoms with Crippen molar-refractivity contribution in [3.8, 4) is 11.9 Å². The normalized spacial score (nSPS) is 16.0. The van der Waals surface area contributed by atoms with Crippen LogP contribution < -0.4 is 10.9 Å². The summed E-state index contributed by atoms with van der Waals surface area (Å²) in [4.78, 5) is 33.4. The van der Waals surface area contributed by atoms with E-state index in [0.29, 0.717) is 16.6 Å². The van der Waals surface area contributed by atoms with Gasteiger partial charge in [-0.05, 0) is 46.5 Å². The fourth-order valence-corrected chi connectivity index (χ4v) is 4.02. The molecule has 1 atom stereocenters. The highest BCUT2D eigenvalue weighted by molar-refractivity contribution is 9.10. The number of imide groups is 1. The number of carbonyl (C=O) groups is 2. The van der Waals surface area contributed by atoms with Crippen LogP contribution in [0.2, 0.25) is 0 Å². The second kappa shape index (κ2) is 8.00. The number of para-hydroxylation sites is 1. The van der Waals surface area contributed by atoms with E-state index in [4.69, 9.17) is 0 Å². The van der Waals surface area contributed by atoms with Gasteiger partial charge in [0.1, 0.15) is 0 Å². The molecular weight excluding hydrogens is 448 g/mol. The Bertz CT molecular complexity index is 1260. The predicted molar refractivity (Wildman–Crippen MR) is 110 cm³/mol. The van der Waals surface area contributed by atoms with Crippen molar-refractivity contribution < 1.29 is 9.59 Å². The maximum Gasteiger partial charge on any atom is 0.280 e. The molecule has 1 unspecified atom stereocenters. The van der Waals surface area contributed by atoms with Gasteiger partial charge in [-0.25, -0.2) is 4.98 Å². The smallest absolute Gasteiger partial charge is 0.280 e. The molecule has 8 nitrogen and oxygen atoms in total. The minimum Gasteiger partial charge on any atom is -0.290 e. The summed E-state index contributed by atoms with van der Waals surface area (Å²) >= 11 is 3.48. The maximum atomic E-state index is 12.6. The first-order valence-electron chi connectivity index (χ1n) is 9.08. The molecule has 1 aromatic heterocycles. The zero-order valence-corrected chi connectivity index (χ0v) is 17.4. The van der Waals surface area contributed by atoms with Gasteiger partial charge in [0.05, 0.1) is 17.3 Å². The van der Waals surface area contributed by atoms with Crippen molar-refractivity contribution in [1.82, 2.24) is 20.1 Å². The highest BCUT2D eigenvalue weighted by atomic mass is 79.9. The molecule has 4 rings (SSSR count). The quantitative estimate of drug-likeness (QED) is 0.473. The summed E-state index contributed by atoms with van der Waals surface area (Å²) in [6.07, 6.45) is 2.07. The number of halogens is 1. The van der Waals surface area contributed by atoms with Gasteiger partial charge >= 0.3 is 0 Å². The van der Waals surface area contributed by atoms with Gasteiger partial charge in [-0.2, -0.15) is 15.0 Å². The third kappa shape index (κ3) is 3.53. The molecular formula is C21H15BrN6O2. The third-order valence-electron chi connectivity index (χ3n) is 4.78. The summed E-state index contributed by atoms with van der Waals surface area (Å²) in [6.45, 7) is 1.87. The van der Waals surface area contributed by atoms with E-state index in [2.05, 4.69) is 36.3 Å². The van der Waals surface area contributed by atoms with Crippen LogP contribution in [0.4, 0.5) is 0 Å². The van der Waals surface area contributed by atoms with Gasteiger partial charge in [-0.15, -0.1) is 4.99 Å². The minimum atomic E-state index is -0.727. The number of fused-ring (bicyclic) bond motifs is 1. The first kappa shape index (κ1) is 19.7. The van der Waals surface area contributed by atoms with Crippen LogP contribution in [0, 0.1) is 18.4 Å². The lowest BCUT2D eigenvalue weighted by atomic mass is 9.91. The summed E-state index contributed by atoms with van der Waals surface area (Å²) in [5.74, 6) is -1.81. The fraction of sp³-hybridized carbons (Fsp3) is 0.143. The van der Waals surface area contributed by atoms with E-state index >= 15 is 0 Å². The molecule has 0 radical (unpaired) electrons. The number of nitrogens with one attached hydrogen (secondary N) is 1. The molecule has 0 aliphatic carbocycles. The second-order valence-electron chi connectivity index (χ2n) is 6.74. The minimum absolute atomic E-state index is 0.00758. The SMILES string of the molecule is Cc1cccc(Br)c1-n1nc2c(nc1=NC#N)C(Cc1ccccc1)C(=O)NC2=O. The number of amides is 2. The Balaban J connectivity index is 1.94. The van der Waals surface area contributed by atoms with Gasteiger partial charge in [0.25, 0.3) is 11.5 Å². The van der Waals surface area contributed by atoms with E-state index in [1.807, 2.05) is 55.5 Å². The van der Waals surface area contributed by atoms with Crippen LogP contribution in [-0.2, 0) is 11.2 Å². The van der Waals surface area contributed by atoms with Crippen molar-refractivity contribution in [3.63, 3.8) is 0 Å². The lowest BCUT2D eigenvalue weighted by Gasteiger charge is -2.23. The van der Waals surface area contributed by atoms with Crippen LogP contribution in [0.1, 0.15) is 33.2 Å². The zero-order valence-electron chi connectivity index (χ0n) is 15.8. The van der Waals surface area contributed by atoms with Crippen molar-refractivity contribution >= 4 is 27.7 Å². The predicted octanol–water partition coefficient (Wildman–Crippen LogP) is 2.32. The number of aryl methyl sites for hydroxylation is 1. The molecule has 1 N–H and O–H groups in total. The van der Waals surface area contributed by atoms with Gasteiger partial charge in [-0.1, -0.05) is 42.5 Å². The van der Waals surface area contributed by atoms with E-state index in [1.54, 1.807) is 6.19 Å². The van der Waals surface area contributed by atoms with Gasteiger partial charge in [-0.3, -0.25) is 14.9 Å². The molecule has 1 aliphatic heterocycles. The third-order valence-corrected chi connectivity index (χ3v) is 5.42. The topological polar surface area (TPSA) is 113 Å². The van der Waals surface area contributed by atoms with Crippen LogP contribution in [0.3, 0.4) is 0 Å². The van der Waals surface area contributed by atoms with Gasteiger partial charge < -0.3 is 0 Å². The van der Waals surface area contributed by atoms with Crippen molar-refractivity contribution in [1.29, 1.82) is 5.26 Å². The molecule has 0 spiro atoms. The van der Waals surface area contributed by atoms with Crippen molar-refractivity contribution in [2.45, 2.75) is 19.3 Å². The number of hydrogen-bond acceptors (Lipinski definition) is 6. The number of carbonyl (C=O) groups excluding carboxylic acids is 2. The number of nitriles is 1. The van der Waals surface area contributed by atoms with Crippen LogP contribution in [-0.4, -0.2) is 26.6 Å². The summed E-state index contributed by atoms with van der Waals surface area (Å²) in [5, 5.41) is 16.0. The Hall–Kier alpha value is -3.64. The Morgan fingerprint density at radius 2 is 1.97 bits per heavy atom. The van der Waals surface area contributed by atoms with Crippen molar-refractivity contribution in [2.75, 3.05) is 0 Å². The summed E-state index contributed by atoms with van der Waals surface area (Å²) in [5.41, 5.74) is 2.59. The average molecular weight is 463 g/mol. The van der Waals surface area contributed by atoms with Gasteiger partial charge in [0.15, 0.2) is 5.69 Å². The monoisotopic (exact) mass is 462 g/mol. The first-order chi connectivity index (χ1) is 14.5. The van der Waals surface area contributed by atoms with Crippen molar-refractivity contribution in [2.24, 2.45) is 4.99 Å². The number of benzene rings is 2.